The number of nitrogens with one attached hydrogen (secondary N) is 1. The van der Waals surface area contributed by atoms with Gasteiger partial charge < -0.3 is 14.7 Å². The van der Waals surface area contributed by atoms with Crippen LogP contribution in [0.15, 0.2) is 47.4 Å². The molecular formula is C24H18Cl2F2N2O5S. The molecule has 3 aromatic carbocycles. The van der Waals surface area contributed by atoms with Crippen molar-refractivity contribution in [3.05, 3.63) is 75.3 Å². The number of phenols is 1. The average Bonchev–Trinajstić information content (AvgIpc) is 3.29. The van der Waals surface area contributed by atoms with Gasteiger partial charge >= 0.3 is 0 Å². The molecule has 0 radical (unpaired) electrons. The fourth-order valence-corrected chi connectivity index (χ4v) is 5.95. The fourth-order valence-electron chi connectivity index (χ4n) is 4.30. The van der Waals surface area contributed by atoms with E-state index in [-0.39, 0.29) is 46.0 Å². The molecule has 36 heavy (non-hydrogen) atoms. The summed E-state index contributed by atoms with van der Waals surface area (Å²) in [7, 11) is -4.66. The van der Waals surface area contributed by atoms with Crippen molar-refractivity contribution in [1.82, 2.24) is 4.90 Å². The van der Waals surface area contributed by atoms with Gasteiger partial charge in [0.05, 0.1) is 23.4 Å². The number of hydrogen-bond donors (Lipinski definition) is 2. The third kappa shape index (κ3) is 4.50. The summed E-state index contributed by atoms with van der Waals surface area (Å²) >= 11 is 12.2. The largest absolute Gasteiger partial charge is 0.505 e. The van der Waals surface area contributed by atoms with Crippen molar-refractivity contribution in [3.8, 4) is 16.9 Å². The van der Waals surface area contributed by atoms with Crippen LogP contribution in [0.25, 0.3) is 11.1 Å². The third-order valence-corrected chi connectivity index (χ3v) is 8.04. The number of carbonyl (C=O) groups excluding carboxylic acids is 1. The summed E-state index contributed by atoms with van der Waals surface area (Å²) in [6.07, 6.45) is 0.180. The minimum atomic E-state index is -4.66. The number of halogens is 4. The fraction of sp³-hybridized carbons (Fsp3) is 0.208. The van der Waals surface area contributed by atoms with Crippen LogP contribution in [0.5, 0.6) is 5.75 Å². The van der Waals surface area contributed by atoms with Gasteiger partial charge in [-0.3, -0.25) is 9.52 Å². The van der Waals surface area contributed by atoms with E-state index in [1.165, 1.54) is 11.0 Å². The number of nitrogens with zero attached hydrogens (tertiary/aromatic N) is 1. The molecule has 2 N–H and O–H groups in total. The minimum absolute atomic E-state index is 0.0479. The number of rotatable bonds is 0. The zero-order valence-electron chi connectivity index (χ0n) is 18.4. The van der Waals surface area contributed by atoms with Gasteiger partial charge in [0, 0.05) is 35.3 Å². The molecule has 0 spiro atoms. The molecule has 1 fully saturated rings. The number of benzene rings is 3. The standard InChI is InChI=1S/C24H18Cl2F2N2O5S/c25-14-2-1-12-11-35-15-3-4-30(10-15)24(32)13-5-18(26)23(31)22(6-13)36(33,34)29-21-8-17(16(12)7-14)19(27)9-20(21)28/h1-2,5-9,15,29,31H,3-4,10-11H2/t15-/m0/s1. The maximum absolute atomic E-state index is 14.9. The van der Waals surface area contributed by atoms with Crippen LogP contribution in [0.3, 0.4) is 0 Å². The lowest BCUT2D eigenvalue weighted by atomic mass is 9.99. The van der Waals surface area contributed by atoms with E-state index >= 15 is 0 Å². The number of amides is 1. The molecule has 5 rings (SSSR count). The van der Waals surface area contributed by atoms with Crippen molar-refractivity contribution in [1.29, 1.82) is 0 Å². The predicted octanol–water partition coefficient (Wildman–Crippen LogP) is 5.19. The minimum Gasteiger partial charge on any atom is -0.505 e. The molecule has 188 valence electrons. The Bertz CT molecular complexity index is 1520. The Balaban J connectivity index is 1.72. The Labute approximate surface area is 215 Å². The Kier molecular flexibility index (Phi) is 6.32. The Hall–Kier alpha value is -2.92. The Morgan fingerprint density at radius 2 is 1.83 bits per heavy atom. The monoisotopic (exact) mass is 554 g/mol. The van der Waals surface area contributed by atoms with Gasteiger partial charge in [-0.1, -0.05) is 29.3 Å². The number of phenolic OH excluding ortho intramolecular Hbond substituents is 1. The smallest absolute Gasteiger partial charge is 0.265 e. The van der Waals surface area contributed by atoms with E-state index < -0.39 is 43.9 Å². The number of ether oxygens (including phenoxy) is 1. The molecule has 7 nitrogen and oxygen atoms in total. The first-order valence-electron chi connectivity index (χ1n) is 10.8. The molecule has 2 aliphatic rings. The van der Waals surface area contributed by atoms with E-state index in [2.05, 4.69) is 0 Å². The third-order valence-electron chi connectivity index (χ3n) is 6.13. The Morgan fingerprint density at radius 1 is 1.06 bits per heavy atom. The molecule has 0 aliphatic carbocycles. The predicted molar refractivity (Wildman–Crippen MR) is 130 cm³/mol. The topological polar surface area (TPSA) is 95.9 Å². The summed E-state index contributed by atoms with van der Waals surface area (Å²) in [5.41, 5.74) is 0.0469. The van der Waals surface area contributed by atoms with Crippen LogP contribution in [0, 0.1) is 11.6 Å². The highest BCUT2D eigenvalue weighted by molar-refractivity contribution is 7.92. The van der Waals surface area contributed by atoms with Crippen molar-refractivity contribution in [3.63, 3.8) is 0 Å². The van der Waals surface area contributed by atoms with Crippen LogP contribution < -0.4 is 4.72 Å². The van der Waals surface area contributed by atoms with Crippen molar-refractivity contribution in [2.75, 3.05) is 17.8 Å². The van der Waals surface area contributed by atoms with Gasteiger partial charge in [0.15, 0.2) is 5.75 Å². The lowest BCUT2D eigenvalue weighted by Gasteiger charge is -2.20. The van der Waals surface area contributed by atoms with Gasteiger partial charge in [0.2, 0.25) is 0 Å². The van der Waals surface area contributed by atoms with Gasteiger partial charge in [0.1, 0.15) is 16.5 Å². The lowest BCUT2D eigenvalue weighted by molar-refractivity contribution is 0.0439. The zero-order valence-corrected chi connectivity index (χ0v) is 20.7. The van der Waals surface area contributed by atoms with Crippen LogP contribution in [-0.2, 0) is 21.4 Å². The summed E-state index contributed by atoms with van der Waals surface area (Å²) < 4.78 is 64.1. The van der Waals surface area contributed by atoms with E-state index in [1.807, 2.05) is 4.72 Å². The second kappa shape index (κ2) is 9.19. The molecule has 1 atom stereocenters. The molecular weight excluding hydrogens is 537 g/mol. The summed E-state index contributed by atoms with van der Waals surface area (Å²) in [6.45, 7) is 0.623. The van der Waals surface area contributed by atoms with E-state index in [4.69, 9.17) is 27.9 Å². The second-order valence-corrected chi connectivity index (χ2v) is 11.0. The molecule has 0 aromatic heterocycles. The summed E-state index contributed by atoms with van der Waals surface area (Å²) in [5.74, 6) is -3.45. The van der Waals surface area contributed by atoms with Crippen LogP contribution in [0.4, 0.5) is 14.5 Å². The van der Waals surface area contributed by atoms with E-state index in [0.29, 0.717) is 24.6 Å². The van der Waals surface area contributed by atoms with Gasteiger partial charge in [0.25, 0.3) is 15.9 Å². The van der Waals surface area contributed by atoms with E-state index in [9.17, 15) is 27.1 Å². The normalized spacial score (nSPS) is 19.1. The number of carbonyl (C=O) groups is 1. The van der Waals surface area contributed by atoms with Gasteiger partial charge in [-0.15, -0.1) is 0 Å². The van der Waals surface area contributed by atoms with Crippen molar-refractivity contribution < 1.29 is 31.8 Å². The highest BCUT2D eigenvalue weighted by Crippen LogP contribution is 2.37. The van der Waals surface area contributed by atoms with E-state index in [1.54, 1.807) is 12.1 Å². The molecule has 0 unspecified atom stereocenters. The molecule has 3 aromatic rings. The SMILES string of the molecule is O=C1c2cc(Cl)c(O)c(c2)S(=O)(=O)Nc2cc(c(F)cc2F)-c2cc(Cl)ccc2CO[C@H]2CCN1C2. The summed E-state index contributed by atoms with van der Waals surface area (Å²) in [6, 6.07) is 8.36. The Morgan fingerprint density at radius 3 is 2.61 bits per heavy atom. The second-order valence-electron chi connectivity index (χ2n) is 8.50. The molecule has 1 amide bonds. The number of aromatic hydroxyl groups is 1. The zero-order chi connectivity index (χ0) is 25.8. The first-order chi connectivity index (χ1) is 17.0. The average molecular weight is 555 g/mol. The van der Waals surface area contributed by atoms with E-state index in [0.717, 1.165) is 18.2 Å². The maximum Gasteiger partial charge on any atom is 0.265 e. The van der Waals surface area contributed by atoms with Crippen LogP contribution in [-0.4, -0.2) is 43.5 Å². The highest BCUT2D eigenvalue weighted by atomic mass is 35.5. The first-order valence-corrected chi connectivity index (χ1v) is 13.0. The first kappa shape index (κ1) is 24.8. The summed E-state index contributed by atoms with van der Waals surface area (Å²) in [4.78, 5) is 13.9. The molecule has 12 heteroatoms. The molecule has 2 heterocycles. The van der Waals surface area contributed by atoms with Gasteiger partial charge in [-0.05, 0) is 47.9 Å². The molecule has 2 aliphatic heterocycles. The van der Waals surface area contributed by atoms with Gasteiger partial charge in [-0.2, -0.15) is 0 Å². The van der Waals surface area contributed by atoms with Crippen molar-refractivity contribution in [2.45, 2.75) is 24.0 Å². The molecule has 6 bridgehead atoms. The molecule has 1 saturated heterocycles. The quantitative estimate of drug-likeness (QED) is 0.398. The maximum atomic E-state index is 14.9. The number of anilines is 1. The number of sulfonamides is 1. The van der Waals surface area contributed by atoms with Crippen molar-refractivity contribution >= 4 is 44.8 Å². The van der Waals surface area contributed by atoms with Crippen LogP contribution in [0.1, 0.15) is 22.3 Å². The van der Waals surface area contributed by atoms with Crippen LogP contribution >= 0.6 is 23.2 Å². The molecule has 0 saturated carbocycles. The van der Waals surface area contributed by atoms with Gasteiger partial charge in [-0.25, -0.2) is 17.2 Å². The summed E-state index contributed by atoms with van der Waals surface area (Å²) in [5, 5.41) is 10.3. The van der Waals surface area contributed by atoms with Crippen molar-refractivity contribution in [2.24, 2.45) is 0 Å². The highest BCUT2D eigenvalue weighted by Gasteiger charge is 2.31. The van der Waals surface area contributed by atoms with Crippen LogP contribution in [0.2, 0.25) is 10.0 Å². The lowest BCUT2D eigenvalue weighted by Crippen LogP contribution is -2.30. The number of fused-ring (bicyclic) bond motifs is 8. The number of hydrogen-bond acceptors (Lipinski definition) is 5.